The summed E-state index contributed by atoms with van der Waals surface area (Å²) < 4.78 is 68.6. The van der Waals surface area contributed by atoms with Crippen molar-refractivity contribution in [3.05, 3.63) is 207 Å². The molecule has 0 aromatic carbocycles. The summed E-state index contributed by atoms with van der Waals surface area (Å²) >= 11 is 0. The number of hydrogen-bond donors (Lipinski definition) is 3. The molecular weight excluding hydrogens is 1430 g/mol. The smallest absolute Gasteiger partial charge is 0.462 e. The van der Waals surface area contributed by atoms with Gasteiger partial charge in [0.05, 0.1) is 26.4 Å². The fraction of sp³-hybridized carbons (Fsp3) is 0.582. The standard InChI is InChI=1S/C91H144O17P2/c1-5-9-13-17-21-25-29-33-37-40-42-45-48-51-55-59-63-67-71-75-88(93)101-81-86(107-90(95)77-73-69-65-61-57-53-47-36-32-28-24-20-16-12-8-4)83-105-109(97,98)103-79-85(92)80-104-110(99,100)106-84-87(108-91(96)78-74-70-66-62-58-54-50-44-39-35-31-27-23-19-15-11-7-3)82-102-89(94)76-72-68-64-60-56-52-49-46-43-41-38-34-30-26-22-18-14-10-6-2/h9,11-13,15-16,21-28,33-39,42-43,45-47,50-51,54-55,57,61-62,66,85-87,92H,5-8,10,14,17-20,29-32,40-41,44,48-49,52-53,56,58-60,63-65,67-84H2,1-4H3,(H,97,98)(H,99,100)/b13-9-,15-11-,16-12-,25-21-,26-22-,27-23-,28-24-,37-33-,38-34-,39-35-,45-42-,46-43-,47-36-,54-50-,55-51-,61-57-,66-62-. The number of aliphatic hydroxyl groups is 1. The van der Waals surface area contributed by atoms with Crippen molar-refractivity contribution in [3.63, 3.8) is 0 Å². The van der Waals surface area contributed by atoms with Crippen molar-refractivity contribution >= 4 is 39.5 Å². The first-order valence-corrected chi connectivity index (χ1v) is 44.3. The molecule has 0 aromatic heterocycles. The third kappa shape index (κ3) is 79.7. The van der Waals surface area contributed by atoms with E-state index in [1.165, 1.54) is 19.3 Å². The van der Waals surface area contributed by atoms with E-state index in [4.69, 9.17) is 37.0 Å². The van der Waals surface area contributed by atoms with E-state index in [9.17, 15) is 43.2 Å². The summed E-state index contributed by atoms with van der Waals surface area (Å²) in [5.41, 5.74) is 0. The first-order valence-electron chi connectivity index (χ1n) is 41.3. The zero-order chi connectivity index (χ0) is 80.3. The van der Waals surface area contributed by atoms with Crippen molar-refractivity contribution < 1.29 is 80.2 Å². The van der Waals surface area contributed by atoms with Crippen LogP contribution < -0.4 is 0 Å². The molecular formula is C91H144O17P2. The number of allylic oxidation sites excluding steroid dienone is 34. The topological polar surface area (TPSA) is 237 Å². The van der Waals surface area contributed by atoms with E-state index < -0.39 is 97.5 Å². The van der Waals surface area contributed by atoms with Crippen LogP contribution in [-0.2, 0) is 65.4 Å². The number of rotatable bonds is 75. The van der Waals surface area contributed by atoms with Crippen LogP contribution in [0.4, 0.5) is 0 Å². The first kappa shape index (κ1) is 104. The Bertz CT molecular complexity index is 2900. The molecule has 0 aliphatic carbocycles. The molecule has 0 bridgehead atoms. The molecule has 0 rings (SSSR count). The number of ether oxygens (including phenoxy) is 4. The molecule has 110 heavy (non-hydrogen) atoms. The van der Waals surface area contributed by atoms with Gasteiger partial charge in [0.25, 0.3) is 0 Å². The number of hydrogen-bond acceptors (Lipinski definition) is 15. The largest absolute Gasteiger partial charge is 0.472 e. The average molecular weight is 1570 g/mol. The fourth-order valence-electron chi connectivity index (χ4n) is 10.0. The summed E-state index contributed by atoms with van der Waals surface area (Å²) in [4.78, 5) is 73.2. The molecule has 0 fully saturated rings. The van der Waals surface area contributed by atoms with Crippen molar-refractivity contribution in [2.45, 2.75) is 303 Å². The van der Waals surface area contributed by atoms with E-state index in [-0.39, 0.29) is 25.7 Å². The third-order valence-corrected chi connectivity index (χ3v) is 18.1. The van der Waals surface area contributed by atoms with E-state index >= 15 is 0 Å². The molecule has 0 aliphatic heterocycles. The summed E-state index contributed by atoms with van der Waals surface area (Å²) in [6.07, 6.45) is 101. The summed E-state index contributed by atoms with van der Waals surface area (Å²) in [5.74, 6) is -2.36. The maximum atomic E-state index is 13.1. The van der Waals surface area contributed by atoms with Crippen LogP contribution in [0.5, 0.6) is 0 Å². The molecule has 0 heterocycles. The lowest BCUT2D eigenvalue weighted by atomic mass is 10.1. The Morgan fingerprint density at radius 3 is 0.791 bits per heavy atom. The second-order valence-corrected chi connectivity index (χ2v) is 29.5. The zero-order valence-corrected chi connectivity index (χ0v) is 69.6. The summed E-state index contributed by atoms with van der Waals surface area (Å²) in [6, 6.07) is 0. The van der Waals surface area contributed by atoms with Crippen molar-refractivity contribution in [1.29, 1.82) is 0 Å². The number of carbonyl (C=O) groups is 4. The lowest BCUT2D eigenvalue weighted by Crippen LogP contribution is -2.30. The normalized spacial score (nSPS) is 14.9. The molecule has 0 saturated carbocycles. The van der Waals surface area contributed by atoms with Gasteiger partial charge in [0, 0.05) is 25.7 Å². The van der Waals surface area contributed by atoms with Crippen LogP contribution in [0.15, 0.2) is 207 Å². The van der Waals surface area contributed by atoms with Crippen LogP contribution in [0.3, 0.4) is 0 Å². The van der Waals surface area contributed by atoms with Crippen molar-refractivity contribution in [2.75, 3.05) is 39.6 Å². The SMILES string of the molecule is CC/C=C\C/C=C\C/C=C\C/C=C\C/C=C\CCCCCC(=O)OCC(COP(=O)(O)OCC(O)COP(=O)(O)OCC(COC(=O)CCCCCCCC/C=C\C/C=C\C/C=C\CCCCC)OC(=O)CCC/C=C\C/C=C\C/C=C\C/C=C\C/C=C\CC)OC(=O)CCCC/C=C\C/C=C\C/C=C\C/C=C\CC. The number of phosphoric acid groups is 2. The van der Waals surface area contributed by atoms with E-state index in [1.807, 2.05) is 12.2 Å². The van der Waals surface area contributed by atoms with Crippen LogP contribution in [-0.4, -0.2) is 96.7 Å². The molecule has 5 unspecified atom stereocenters. The van der Waals surface area contributed by atoms with Gasteiger partial charge in [0.2, 0.25) is 0 Å². The molecule has 0 saturated heterocycles. The Morgan fingerprint density at radius 1 is 0.264 bits per heavy atom. The van der Waals surface area contributed by atoms with E-state index in [0.29, 0.717) is 38.5 Å². The number of aliphatic hydroxyl groups excluding tert-OH is 1. The second-order valence-electron chi connectivity index (χ2n) is 26.6. The lowest BCUT2D eigenvalue weighted by Gasteiger charge is -2.21. The Labute approximate surface area is 665 Å². The number of phosphoric ester groups is 2. The minimum Gasteiger partial charge on any atom is -0.462 e. The van der Waals surface area contributed by atoms with Crippen LogP contribution in [0.25, 0.3) is 0 Å². The van der Waals surface area contributed by atoms with E-state index in [1.54, 1.807) is 0 Å². The van der Waals surface area contributed by atoms with Gasteiger partial charge < -0.3 is 33.8 Å². The zero-order valence-electron chi connectivity index (χ0n) is 67.8. The maximum absolute atomic E-state index is 13.1. The number of unbranched alkanes of at least 4 members (excludes halogenated alkanes) is 15. The van der Waals surface area contributed by atoms with Crippen molar-refractivity contribution in [1.82, 2.24) is 0 Å². The molecule has 0 spiro atoms. The van der Waals surface area contributed by atoms with Crippen LogP contribution in [0.2, 0.25) is 0 Å². The first-order chi connectivity index (χ1) is 53.7. The predicted octanol–water partition coefficient (Wildman–Crippen LogP) is 24.7. The van der Waals surface area contributed by atoms with Crippen LogP contribution in [0.1, 0.15) is 285 Å². The average Bonchev–Trinajstić information content (AvgIpc) is 0.899. The Kier molecular flexibility index (Phi) is 76.0. The van der Waals surface area contributed by atoms with Crippen LogP contribution >= 0.6 is 15.6 Å². The van der Waals surface area contributed by atoms with Gasteiger partial charge in [-0.2, -0.15) is 0 Å². The van der Waals surface area contributed by atoms with E-state index in [0.717, 1.165) is 173 Å². The Hall–Kier alpha value is -6.36. The quantitative estimate of drug-likeness (QED) is 0.0169. The summed E-state index contributed by atoms with van der Waals surface area (Å²) in [6.45, 7) is 4.31. The Morgan fingerprint density at radius 2 is 0.482 bits per heavy atom. The van der Waals surface area contributed by atoms with Gasteiger partial charge >= 0.3 is 39.5 Å². The van der Waals surface area contributed by atoms with Gasteiger partial charge in [0.1, 0.15) is 19.3 Å². The van der Waals surface area contributed by atoms with Gasteiger partial charge in [-0.15, -0.1) is 0 Å². The van der Waals surface area contributed by atoms with E-state index in [2.05, 4.69) is 222 Å². The molecule has 0 radical (unpaired) electrons. The molecule has 0 amide bonds. The Balaban J connectivity index is 5.52. The molecule has 0 aromatic rings. The number of carbonyl (C=O) groups excluding carboxylic acids is 4. The fourth-order valence-corrected chi connectivity index (χ4v) is 11.6. The van der Waals surface area contributed by atoms with Crippen molar-refractivity contribution in [2.24, 2.45) is 0 Å². The minimum absolute atomic E-state index is 0.00341. The van der Waals surface area contributed by atoms with Gasteiger partial charge in [-0.05, 0) is 186 Å². The lowest BCUT2D eigenvalue weighted by molar-refractivity contribution is -0.161. The molecule has 3 N–H and O–H groups in total. The van der Waals surface area contributed by atoms with Gasteiger partial charge in [-0.1, -0.05) is 279 Å². The monoisotopic (exact) mass is 1570 g/mol. The second kappa shape index (κ2) is 80.7. The highest BCUT2D eigenvalue weighted by Gasteiger charge is 2.30. The molecule has 0 aliphatic rings. The molecule has 5 atom stereocenters. The molecule has 19 heteroatoms. The highest BCUT2D eigenvalue weighted by atomic mass is 31.2. The summed E-state index contributed by atoms with van der Waals surface area (Å²) in [7, 11) is -10.0. The highest BCUT2D eigenvalue weighted by molar-refractivity contribution is 7.47. The van der Waals surface area contributed by atoms with Gasteiger partial charge in [0.15, 0.2) is 12.2 Å². The number of esters is 4. The molecule has 620 valence electrons. The minimum atomic E-state index is -5.02. The maximum Gasteiger partial charge on any atom is 0.472 e. The van der Waals surface area contributed by atoms with Crippen LogP contribution in [0, 0.1) is 0 Å². The predicted molar refractivity (Wildman–Crippen MR) is 454 cm³/mol. The van der Waals surface area contributed by atoms with Gasteiger partial charge in [-0.3, -0.25) is 37.3 Å². The highest BCUT2D eigenvalue weighted by Crippen LogP contribution is 2.45. The molecule has 17 nitrogen and oxygen atoms in total. The summed E-state index contributed by atoms with van der Waals surface area (Å²) in [5, 5.41) is 10.7. The third-order valence-electron chi connectivity index (χ3n) is 16.2. The van der Waals surface area contributed by atoms with Gasteiger partial charge in [-0.25, -0.2) is 9.13 Å². The van der Waals surface area contributed by atoms with Crippen molar-refractivity contribution in [3.8, 4) is 0 Å².